The summed E-state index contributed by atoms with van der Waals surface area (Å²) in [6, 6.07) is 7.84. The summed E-state index contributed by atoms with van der Waals surface area (Å²) in [4.78, 5) is 18.2. The van der Waals surface area contributed by atoms with Gasteiger partial charge in [0.15, 0.2) is 0 Å². The molecule has 0 aliphatic heterocycles. The van der Waals surface area contributed by atoms with E-state index in [1.165, 1.54) is 11.3 Å². The van der Waals surface area contributed by atoms with Crippen molar-refractivity contribution in [1.29, 1.82) is 0 Å². The van der Waals surface area contributed by atoms with Gasteiger partial charge in [0.25, 0.3) is 5.91 Å². The van der Waals surface area contributed by atoms with Gasteiger partial charge in [0.05, 0.1) is 6.61 Å². The van der Waals surface area contributed by atoms with Crippen LogP contribution >= 0.6 is 11.3 Å². The third-order valence-electron chi connectivity index (χ3n) is 3.23. The van der Waals surface area contributed by atoms with E-state index in [0.717, 1.165) is 16.3 Å². The van der Waals surface area contributed by atoms with E-state index in [9.17, 15) is 4.79 Å². The quantitative estimate of drug-likeness (QED) is 0.810. The number of rotatable bonds is 6. The monoisotopic (exact) mass is 318 g/mol. The Morgan fingerprint density at radius 3 is 2.59 bits per heavy atom. The zero-order valence-corrected chi connectivity index (χ0v) is 14.3. The molecule has 2 aromatic rings. The highest BCUT2D eigenvalue weighted by atomic mass is 32.1. The van der Waals surface area contributed by atoms with Gasteiger partial charge in [-0.3, -0.25) is 4.79 Å². The van der Waals surface area contributed by atoms with Crippen LogP contribution in [0.1, 0.15) is 31.3 Å². The molecule has 0 unspecified atom stereocenters. The number of carbonyl (C=O) groups is 1. The molecule has 1 amide bonds. The van der Waals surface area contributed by atoms with E-state index in [1.54, 1.807) is 11.9 Å². The molecular weight excluding hydrogens is 296 g/mol. The lowest BCUT2D eigenvalue weighted by atomic mass is 10.2. The Bertz CT molecular complexity index is 620. The first-order chi connectivity index (χ1) is 10.5. The molecule has 1 heterocycles. The molecule has 0 saturated heterocycles. The van der Waals surface area contributed by atoms with Gasteiger partial charge in [0.2, 0.25) is 0 Å². The number of amides is 1. The molecule has 0 aliphatic carbocycles. The SMILES string of the molecule is CCN(C)C(=O)c1csc(-c2ccc(OCC(C)C)cc2)n1. The minimum Gasteiger partial charge on any atom is -0.493 e. The molecule has 0 N–H and O–H groups in total. The molecule has 0 fully saturated rings. The van der Waals surface area contributed by atoms with Gasteiger partial charge in [0, 0.05) is 24.5 Å². The molecule has 1 aromatic carbocycles. The first kappa shape index (κ1) is 16.5. The summed E-state index contributed by atoms with van der Waals surface area (Å²) in [5, 5.41) is 2.66. The van der Waals surface area contributed by atoms with Gasteiger partial charge >= 0.3 is 0 Å². The fourth-order valence-electron chi connectivity index (χ4n) is 1.80. The second kappa shape index (κ2) is 7.40. The van der Waals surface area contributed by atoms with Crippen molar-refractivity contribution in [3.05, 3.63) is 35.3 Å². The molecule has 5 heteroatoms. The zero-order chi connectivity index (χ0) is 16.1. The standard InChI is InChI=1S/C17H22N2O2S/c1-5-19(4)17(20)15-11-22-16(18-15)13-6-8-14(9-7-13)21-10-12(2)3/h6-9,11-12H,5,10H2,1-4H3. The molecule has 0 saturated carbocycles. The summed E-state index contributed by atoms with van der Waals surface area (Å²) in [5.41, 5.74) is 1.50. The highest BCUT2D eigenvalue weighted by Gasteiger charge is 2.14. The molecule has 1 aromatic heterocycles. The van der Waals surface area contributed by atoms with Crippen LogP contribution in [0.4, 0.5) is 0 Å². The fraction of sp³-hybridized carbons (Fsp3) is 0.412. The average Bonchev–Trinajstić information content (AvgIpc) is 3.01. The second-order valence-electron chi connectivity index (χ2n) is 5.59. The molecule has 0 radical (unpaired) electrons. The molecular formula is C17H22N2O2S. The van der Waals surface area contributed by atoms with Crippen LogP contribution in [0, 0.1) is 5.92 Å². The largest absolute Gasteiger partial charge is 0.493 e. The van der Waals surface area contributed by atoms with Gasteiger partial charge in [0.1, 0.15) is 16.5 Å². The smallest absolute Gasteiger partial charge is 0.273 e. The van der Waals surface area contributed by atoms with E-state index in [-0.39, 0.29) is 5.91 Å². The van der Waals surface area contributed by atoms with Crippen molar-refractivity contribution >= 4 is 17.2 Å². The molecule has 0 aliphatic rings. The van der Waals surface area contributed by atoms with Gasteiger partial charge in [-0.2, -0.15) is 0 Å². The second-order valence-corrected chi connectivity index (χ2v) is 6.44. The summed E-state index contributed by atoms with van der Waals surface area (Å²) in [5.74, 6) is 1.32. The van der Waals surface area contributed by atoms with E-state index >= 15 is 0 Å². The molecule has 2 rings (SSSR count). The number of hydrogen-bond acceptors (Lipinski definition) is 4. The minimum atomic E-state index is -0.0399. The molecule has 4 nitrogen and oxygen atoms in total. The molecule has 0 bridgehead atoms. The number of ether oxygens (including phenoxy) is 1. The van der Waals surface area contributed by atoms with Crippen molar-refractivity contribution < 1.29 is 9.53 Å². The lowest BCUT2D eigenvalue weighted by molar-refractivity contribution is 0.0797. The Morgan fingerprint density at radius 2 is 2.00 bits per heavy atom. The number of thiazole rings is 1. The fourth-order valence-corrected chi connectivity index (χ4v) is 2.60. The third kappa shape index (κ3) is 4.07. The zero-order valence-electron chi connectivity index (χ0n) is 13.5. The van der Waals surface area contributed by atoms with Crippen LogP contribution in [-0.4, -0.2) is 36.0 Å². The lowest BCUT2D eigenvalue weighted by Gasteiger charge is -2.11. The van der Waals surface area contributed by atoms with Crippen molar-refractivity contribution in [3.63, 3.8) is 0 Å². The summed E-state index contributed by atoms with van der Waals surface area (Å²) in [6.45, 7) is 7.57. The van der Waals surface area contributed by atoms with Crippen molar-refractivity contribution in [2.75, 3.05) is 20.2 Å². The summed E-state index contributed by atoms with van der Waals surface area (Å²) < 4.78 is 5.67. The number of hydrogen-bond donors (Lipinski definition) is 0. The summed E-state index contributed by atoms with van der Waals surface area (Å²) >= 11 is 1.48. The maximum absolute atomic E-state index is 12.1. The van der Waals surface area contributed by atoms with E-state index in [4.69, 9.17) is 4.74 Å². The minimum absolute atomic E-state index is 0.0399. The van der Waals surface area contributed by atoms with Crippen LogP contribution < -0.4 is 4.74 Å². The topological polar surface area (TPSA) is 42.4 Å². The predicted molar refractivity (Wildman–Crippen MR) is 90.5 cm³/mol. The Kier molecular flexibility index (Phi) is 5.55. The predicted octanol–water partition coefficient (Wildman–Crippen LogP) is 3.94. The van der Waals surface area contributed by atoms with Gasteiger partial charge in [-0.05, 0) is 37.1 Å². The van der Waals surface area contributed by atoms with Crippen LogP contribution in [0.3, 0.4) is 0 Å². The molecule has 0 spiro atoms. The van der Waals surface area contributed by atoms with Gasteiger partial charge in [-0.1, -0.05) is 13.8 Å². The van der Waals surface area contributed by atoms with Crippen LogP contribution in [0.5, 0.6) is 5.75 Å². The first-order valence-electron chi connectivity index (χ1n) is 7.45. The molecule has 22 heavy (non-hydrogen) atoms. The van der Waals surface area contributed by atoms with Gasteiger partial charge in [-0.15, -0.1) is 11.3 Å². The normalized spacial score (nSPS) is 10.8. The highest BCUT2D eigenvalue weighted by molar-refractivity contribution is 7.13. The highest BCUT2D eigenvalue weighted by Crippen LogP contribution is 2.26. The van der Waals surface area contributed by atoms with E-state index < -0.39 is 0 Å². The van der Waals surface area contributed by atoms with Gasteiger partial charge in [-0.25, -0.2) is 4.98 Å². The van der Waals surface area contributed by atoms with Crippen LogP contribution in [0.15, 0.2) is 29.6 Å². The van der Waals surface area contributed by atoms with E-state index in [1.807, 2.05) is 36.6 Å². The Balaban J connectivity index is 2.09. The van der Waals surface area contributed by atoms with Crippen LogP contribution in [-0.2, 0) is 0 Å². The van der Waals surface area contributed by atoms with E-state index in [0.29, 0.717) is 24.8 Å². The van der Waals surface area contributed by atoms with Crippen molar-refractivity contribution in [1.82, 2.24) is 9.88 Å². The number of nitrogens with zero attached hydrogens (tertiary/aromatic N) is 2. The average molecular weight is 318 g/mol. The third-order valence-corrected chi connectivity index (χ3v) is 4.12. The lowest BCUT2D eigenvalue weighted by Crippen LogP contribution is -2.26. The number of carbonyl (C=O) groups excluding carboxylic acids is 1. The maximum Gasteiger partial charge on any atom is 0.273 e. The molecule has 0 atom stereocenters. The Morgan fingerprint density at radius 1 is 1.32 bits per heavy atom. The van der Waals surface area contributed by atoms with Crippen LogP contribution in [0.2, 0.25) is 0 Å². The van der Waals surface area contributed by atoms with Crippen molar-refractivity contribution in [3.8, 4) is 16.3 Å². The molecule has 118 valence electrons. The Labute approximate surface area is 135 Å². The van der Waals surface area contributed by atoms with Crippen molar-refractivity contribution in [2.45, 2.75) is 20.8 Å². The first-order valence-corrected chi connectivity index (χ1v) is 8.33. The van der Waals surface area contributed by atoms with Crippen LogP contribution in [0.25, 0.3) is 10.6 Å². The summed E-state index contributed by atoms with van der Waals surface area (Å²) in [7, 11) is 1.78. The van der Waals surface area contributed by atoms with E-state index in [2.05, 4.69) is 18.8 Å². The number of benzene rings is 1. The summed E-state index contributed by atoms with van der Waals surface area (Å²) in [6.07, 6.45) is 0. The maximum atomic E-state index is 12.1. The van der Waals surface area contributed by atoms with Crippen molar-refractivity contribution in [2.24, 2.45) is 5.92 Å². The number of aromatic nitrogens is 1. The Hall–Kier alpha value is -1.88. The van der Waals surface area contributed by atoms with Gasteiger partial charge < -0.3 is 9.64 Å².